The molecule has 0 saturated carbocycles. The fourth-order valence-electron chi connectivity index (χ4n) is 4.78. The van der Waals surface area contributed by atoms with Crippen LogP contribution >= 0.6 is 0 Å². The van der Waals surface area contributed by atoms with Gasteiger partial charge in [-0.2, -0.15) is 0 Å². The van der Waals surface area contributed by atoms with E-state index in [1.807, 2.05) is 72.8 Å². The average Bonchev–Trinajstić information content (AvgIpc) is 3.82. The number of esters is 3. The highest BCUT2D eigenvalue weighted by Gasteiger charge is 2.19. The second-order valence-corrected chi connectivity index (χ2v) is 11.8. The van der Waals surface area contributed by atoms with E-state index in [2.05, 4.69) is 47.2 Å². The summed E-state index contributed by atoms with van der Waals surface area (Å²) in [6.07, 6.45) is 0. The number of ether oxygens (including phenoxy) is 6. The zero-order valence-corrected chi connectivity index (χ0v) is 35.4. The van der Waals surface area contributed by atoms with Crippen LogP contribution in [0.2, 0.25) is 0 Å². The quantitative estimate of drug-likeness (QED) is 0.0216. The number of nitrogens with zero attached hydrogens (tertiary/aromatic N) is 9. The molecule has 2 heterocycles. The van der Waals surface area contributed by atoms with Crippen molar-refractivity contribution in [3.05, 3.63) is 123 Å². The normalized spacial score (nSPS) is 9.55. The molecule has 5 aromatic rings. The SMILES string of the molecule is CC#CC(=O)OCC.CCOC(=O)c1c(C)nnn1Cc1ccc(OC)cc1.CCOC(=O)c1nnn(Cc2ccc(OC)cc2)c1C.COc1ccc(CN=[N+]=[N-])cc1. The maximum absolute atomic E-state index is 11.9. The van der Waals surface area contributed by atoms with Crippen molar-refractivity contribution in [1.82, 2.24) is 30.0 Å². The second-order valence-electron chi connectivity index (χ2n) is 11.8. The zero-order chi connectivity index (χ0) is 44.3. The molecule has 2 aromatic heterocycles. The van der Waals surface area contributed by atoms with Crippen LogP contribution in [0, 0.1) is 25.7 Å². The minimum atomic E-state index is -0.449. The first kappa shape index (κ1) is 48.8. The van der Waals surface area contributed by atoms with Crippen LogP contribution in [0.5, 0.6) is 17.2 Å². The van der Waals surface area contributed by atoms with E-state index in [0.717, 1.165) is 33.9 Å². The maximum atomic E-state index is 11.9. The lowest BCUT2D eigenvalue weighted by molar-refractivity contribution is -0.136. The van der Waals surface area contributed by atoms with E-state index in [1.165, 1.54) is 0 Å². The van der Waals surface area contributed by atoms with E-state index in [4.69, 9.17) is 29.2 Å². The predicted octanol–water partition coefficient (Wildman–Crippen LogP) is 6.72. The predicted molar refractivity (Wildman–Crippen MR) is 222 cm³/mol. The number of rotatable bonds is 14. The summed E-state index contributed by atoms with van der Waals surface area (Å²) >= 11 is 0. The molecule has 0 aliphatic heterocycles. The molecule has 0 bridgehead atoms. The van der Waals surface area contributed by atoms with Gasteiger partial charge in [-0.25, -0.2) is 23.7 Å². The van der Waals surface area contributed by atoms with Crippen molar-refractivity contribution >= 4 is 17.9 Å². The Morgan fingerprint density at radius 3 is 1.57 bits per heavy atom. The molecule has 0 amide bonds. The Hall–Kier alpha value is -7.38. The molecule has 0 unspecified atom stereocenters. The first-order valence-electron chi connectivity index (χ1n) is 18.6. The first-order valence-corrected chi connectivity index (χ1v) is 18.6. The van der Waals surface area contributed by atoms with E-state index >= 15 is 0 Å². The highest BCUT2D eigenvalue weighted by molar-refractivity contribution is 5.89. The summed E-state index contributed by atoms with van der Waals surface area (Å²) in [5, 5.41) is 19.2. The monoisotopic (exact) mass is 825 g/mol. The topological polar surface area (TPSA) is 217 Å². The van der Waals surface area contributed by atoms with Crippen LogP contribution in [0.25, 0.3) is 10.4 Å². The Kier molecular flexibility index (Phi) is 22.2. The Morgan fingerprint density at radius 2 is 1.12 bits per heavy atom. The van der Waals surface area contributed by atoms with Crippen LogP contribution in [0.4, 0.5) is 0 Å². The minimum Gasteiger partial charge on any atom is -0.497 e. The maximum Gasteiger partial charge on any atom is 0.384 e. The van der Waals surface area contributed by atoms with Crippen LogP contribution in [0.1, 0.15) is 76.8 Å². The minimum absolute atomic E-state index is 0.264. The lowest BCUT2D eigenvalue weighted by Crippen LogP contribution is -2.15. The van der Waals surface area contributed by atoms with Crippen molar-refractivity contribution in [2.24, 2.45) is 5.11 Å². The number of hydrogen-bond donors (Lipinski definition) is 0. The number of aryl methyl sites for hydroxylation is 1. The number of methoxy groups -OCH3 is 3. The molecule has 3 aromatic carbocycles. The van der Waals surface area contributed by atoms with Gasteiger partial charge in [0, 0.05) is 10.8 Å². The average molecular weight is 826 g/mol. The third kappa shape index (κ3) is 16.6. The number of carbonyl (C=O) groups excluding carboxylic acids is 3. The molecule has 5 rings (SSSR count). The van der Waals surface area contributed by atoms with Gasteiger partial charge in [0.15, 0.2) is 11.4 Å². The molecule has 18 heteroatoms. The molecule has 0 spiro atoms. The Morgan fingerprint density at radius 1 is 0.667 bits per heavy atom. The lowest BCUT2D eigenvalue weighted by atomic mass is 10.2. The third-order valence-electron chi connectivity index (χ3n) is 7.78. The van der Waals surface area contributed by atoms with Gasteiger partial charge >= 0.3 is 17.9 Å². The third-order valence-corrected chi connectivity index (χ3v) is 7.78. The van der Waals surface area contributed by atoms with E-state index < -0.39 is 17.9 Å². The van der Waals surface area contributed by atoms with Crippen molar-refractivity contribution in [3.63, 3.8) is 0 Å². The molecular formula is C42H51N9O9. The molecule has 0 fully saturated rings. The molecule has 18 nitrogen and oxygen atoms in total. The summed E-state index contributed by atoms with van der Waals surface area (Å²) in [6.45, 7) is 12.8. The molecule has 0 atom stereocenters. The molecule has 0 aliphatic rings. The summed E-state index contributed by atoms with van der Waals surface area (Å²) in [6, 6.07) is 22.6. The van der Waals surface area contributed by atoms with Gasteiger partial charge in [-0.15, -0.1) is 10.2 Å². The van der Waals surface area contributed by atoms with Crippen LogP contribution in [0.15, 0.2) is 77.9 Å². The molecule has 0 radical (unpaired) electrons. The van der Waals surface area contributed by atoms with Crippen molar-refractivity contribution in [2.45, 2.75) is 61.2 Å². The van der Waals surface area contributed by atoms with Gasteiger partial charge in [0.25, 0.3) is 0 Å². The van der Waals surface area contributed by atoms with Crippen molar-refractivity contribution in [1.29, 1.82) is 0 Å². The molecule has 318 valence electrons. The molecule has 0 N–H and O–H groups in total. The fraction of sp³-hybridized carbons (Fsp3) is 0.357. The van der Waals surface area contributed by atoms with Gasteiger partial charge in [-0.1, -0.05) is 57.9 Å². The number of benzene rings is 3. The highest BCUT2D eigenvalue weighted by atomic mass is 16.5. The highest BCUT2D eigenvalue weighted by Crippen LogP contribution is 2.16. The standard InChI is InChI=1S/2C14H17N3O3.C8H9N3O.C6H8O2/c1-4-20-14(18)13-10(2)17(16-15-13)9-11-5-7-12(19-3)8-6-11;1-4-20-14(18)13-10(2)15-16-17(13)9-11-5-7-12(19-3)8-6-11;1-12-8-4-2-7(3-5-8)6-10-11-9;1-3-5-6(7)8-4-2/h2*5-8H,4,9H2,1-3H3;2-5H,6H2,1H3;4H2,1-2H3. The van der Waals surface area contributed by atoms with Gasteiger partial charge < -0.3 is 28.4 Å². The summed E-state index contributed by atoms with van der Waals surface area (Å²) < 4.78 is 32.8. The Balaban J connectivity index is 0.000000292. The first-order chi connectivity index (χ1) is 29.0. The zero-order valence-electron chi connectivity index (χ0n) is 35.4. The lowest BCUT2D eigenvalue weighted by Gasteiger charge is -2.07. The van der Waals surface area contributed by atoms with Crippen molar-refractivity contribution in [3.8, 4) is 29.1 Å². The van der Waals surface area contributed by atoms with Gasteiger partial charge in [0.1, 0.15) is 17.2 Å². The summed E-state index contributed by atoms with van der Waals surface area (Å²) in [5.41, 5.74) is 13.0. The van der Waals surface area contributed by atoms with Gasteiger partial charge in [-0.05, 0) is 100 Å². The number of hydrogen-bond acceptors (Lipinski definition) is 14. The van der Waals surface area contributed by atoms with Crippen LogP contribution in [-0.2, 0) is 38.6 Å². The fourth-order valence-corrected chi connectivity index (χ4v) is 4.78. The number of aromatic nitrogens is 6. The Bertz CT molecular complexity index is 2180. The Labute approximate surface area is 349 Å². The molecular weight excluding hydrogens is 775 g/mol. The van der Waals surface area contributed by atoms with Crippen molar-refractivity contribution < 1.29 is 42.8 Å². The van der Waals surface area contributed by atoms with E-state index in [-0.39, 0.29) is 5.69 Å². The molecule has 60 heavy (non-hydrogen) atoms. The molecule has 0 saturated heterocycles. The largest absolute Gasteiger partial charge is 0.497 e. The van der Waals surface area contributed by atoms with Crippen molar-refractivity contribution in [2.75, 3.05) is 41.2 Å². The van der Waals surface area contributed by atoms with Gasteiger partial charge in [0.05, 0.1) is 72.2 Å². The van der Waals surface area contributed by atoms with Crippen LogP contribution in [-0.4, -0.2) is 89.0 Å². The second kappa shape index (κ2) is 27.3. The van der Waals surface area contributed by atoms with Crippen LogP contribution in [0.3, 0.4) is 0 Å². The number of azide groups is 1. The number of carbonyl (C=O) groups is 3. The summed E-state index contributed by atoms with van der Waals surface area (Å²) in [5.74, 6) is 5.77. The van der Waals surface area contributed by atoms with E-state index in [1.54, 1.807) is 72.2 Å². The smallest absolute Gasteiger partial charge is 0.384 e. The van der Waals surface area contributed by atoms with Gasteiger partial charge in [0.2, 0.25) is 0 Å². The van der Waals surface area contributed by atoms with E-state index in [0.29, 0.717) is 56.5 Å². The van der Waals surface area contributed by atoms with Crippen LogP contribution < -0.4 is 14.2 Å². The summed E-state index contributed by atoms with van der Waals surface area (Å²) in [7, 11) is 4.86. The molecule has 0 aliphatic carbocycles. The van der Waals surface area contributed by atoms with Gasteiger partial charge in [-0.3, -0.25) is 0 Å². The van der Waals surface area contributed by atoms with E-state index in [9.17, 15) is 14.4 Å². The summed E-state index contributed by atoms with van der Waals surface area (Å²) in [4.78, 5) is 36.5.